The highest BCUT2D eigenvalue weighted by atomic mass is 32.2. The summed E-state index contributed by atoms with van der Waals surface area (Å²) in [6.45, 7) is 5.18. The molecule has 0 aromatic carbocycles. The van der Waals surface area contributed by atoms with Crippen molar-refractivity contribution in [2.75, 3.05) is 18.9 Å². The molecule has 1 aliphatic heterocycles. The number of hydrogen-bond acceptors (Lipinski definition) is 5. The highest BCUT2D eigenvalue weighted by Crippen LogP contribution is 2.23. The van der Waals surface area contributed by atoms with Crippen LogP contribution < -0.4 is 10.5 Å². The van der Waals surface area contributed by atoms with Crippen molar-refractivity contribution in [3.8, 4) is 0 Å². The van der Waals surface area contributed by atoms with E-state index in [0.29, 0.717) is 26.2 Å². The molecule has 0 bridgehead atoms. The van der Waals surface area contributed by atoms with Crippen molar-refractivity contribution in [2.24, 2.45) is 0 Å². The second-order valence-electron chi connectivity index (χ2n) is 4.70. The Bertz CT molecular complexity index is 531. The van der Waals surface area contributed by atoms with Crippen LogP contribution in [0.1, 0.15) is 20.3 Å². The van der Waals surface area contributed by atoms with Gasteiger partial charge in [-0.2, -0.15) is 5.10 Å². The van der Waals surface area contributed by atoms with Gasteiger partial charge in [0.05, 0.1) is 12.1 Å². The molecule has 2 heterocycles. The normalized spacial score (nSPS) is 24.6. The first kappa shape index (κ1) is 13.3. The molecule has 1 atom stereocenters. The van der Waals surface area contributed by atoms with E-state index in [9.17, 15) is 8.42 Å². The lowest BCUT2D eigenvalue weighted by atomic mass is 10.0. The molecule has 1 saturated heterocycles. The lowest BCUT2D eigenvalue weighted by Crippen LogP contribution is -2.46. The molecular formula is C10H18N4O3S. The van der Waals surface area contributed by atoms with Crippen LogP contribution in [-0.2, 0) is 21.3 Å². The van der Waals surface area contributed by atoms with Crippen molar-refractivity contribution in [2.45, 2.75) is 37.2 Å². The third-order valence-electron chi connectivity index (χ3n) is 2.97. The number of ether oxygens (including phenoxy) is 1. The zero-order valence-corrected chi connectivity index (χ0v) is 11.3. The minimum atomic E-state index is -3.66. The van der Waals surface area contributed by atoms with Crippen molar-refractivity contribution in [1.82, 2.24) is 14.5 Å². The highest BCUT2D eigenvalue weighted by Gasteiger charge is 2.35. The Hall–Kier alpha value is -1.12. The first-order valence-corrected chi connectivity index (χ1v) is 7.29. The van der Waals surface area contributed by atoms with E-state index in [2.05, 4.69) is 9.82 Å². The molecule has 1 unspecified atom stereocenters. The van der Waals surface area contributed by atoms with Gasteiger partial charge in [-0.25, -0.2) is 13.1 Å². The van der Waals surface area contributed by atoms with Crippen LogP contribution in [0.15, 0.2) is 11.1 Å². The van der Waals surface area contributed by atoms with Gasteiger partial charge in [0.1, 0.15) is 4.90 Å². The van der Waals surface area contributed by atoms with E-state index >= 15 is 0 Å². The van der Waals surface area contributed by atoms with Crippen molar-refractivity contribution >= 4 is 15.8 Å². The minimum Gasteiger partial charge on any atom is -0.381 e. The van der Waals surface area contributed by atoms with Crippen LogP contribution in [0, 0.1) is 0 Å². The van der Waals surface area contributed by atoms with Gasteiger partial charge in [0, 0.05) is 19.3 Å². The van der Waals surface area contributed by atoms with Gasteiger partial charge >= 0.3 is 0 Å². The average molecular weight is 274 g/mol. The third-order valence-corrected chi connectivity index (χ3v) is 4.62. The molecule has 18 heavy (non-hydrogen) atoms. The maximum absolute atomic E-state index is 12.2. The number of nitrogens with one attached hydrogen (secondary N) is 1. The number of sulfonamides is 1. The third kappa shape index (κ3) is 2.50. The fourth-order valence-corrected chi connectivity index (χ4v) is 3.41. The van der Waals surface area contributed by atoms with E-state index < -0.39 is 15.6 Å². The minimum absolute atomic E-state index is 0.0202. The summed E-state index contributed by atoms with van der Waals surface area (Å²) in [6, 6.07) is 0. The van der Waals surface area contributed by atoms with Gasteiger partial charge in [-0.3, -0.25) is 4.68 Å². The van der Waals surface area contributed by atoms with Crippen LogP contribution in [0.3, 0.4) is 0 Å². The number of aromatic nitrogens is 2. The van der Waals surface area contributed by atoms with Crippen LogP contribution in [0.5, 0.6) is 0 Å². The standard InChI is InChI=1S/C10H18N4O3S/c1-3-14-6-8(9(11)12-14)18(15,16)13-10(2)4-5-17-7-10/h6,13H,3-5,7H2,1-2H3,(H2,11,12). The van der Waals surface area contributed by atoms with Crippen LogP contribution in [0.25, 0.3) is 0 Å². The number of rotatable bonds is 4. The first-order chi connectivity index (χ1) is 8.36. The molecule has 1 aliphatic rings. The van der Waals surface area contributed by atoms with E-state index in [1.165, 1.54) is 10.9 Å². The summed E-state index contributed by atoms with van der Waals surface area (Å²) in [5, 5.41) is 3.94. The summed E-state index contributed by atoms with van der Waals surface area (Å²) in [7, 11) is -3.66. The Labute approximate surface area is 106 Å². The molecule has 0 radical (unpaired) electrons. The van der Waals surface area contributed by atoms with Crippen molar-refractivity contribution < 1.29 is 13.2 Å². The average Bonchev–Trinajstić information content (AvgIpc) is 2.84. The number of aryl methyl sites for hydroxylation is 1. The zero-order valence-electron chi connectivity index (χ0n) is 10.5. The predicted molar refractivity (Wildman–Crippen MR) is 66.5 cm³/mol. The van der Waals surface area contributed by atoms with Crippen LogP contribution in [0.4, 0.5) is 5.82 Å². The molecule has 3 N–H and O–H groups in total. The summed E-state index contributed by atoms with van der Waals surface area (Å²) in [5.74, 6) is 0.0202. The smallest absolute Gasteiger partial charge is 0.246 e. The van der Waals surface area contributed by atoms with Crippen LogP contribution in [0.2, 0.25) is 0 Å². The molecule has 2 rings (SSSR count). The molecule has 7 nitrogen and oxygen atoms in total. The summed E-state index contributed by atoms with van der Waals surface area (Å²) < 4.78 is 33.8. The SMILES string of the molecule is CCn1cc(S(=O)(=O)NC2(C)CCOC2)c(N)n1. The van der Waals surface area contributed by atoms with Gasteiger partial charge < -0.3 is 10.5 Å². The summed E-state index contributed by atoms with van der Waals surface area (Å²) in [6.07, 6.45) is 2.09. The lowest BCUT2D eigenvalue weighted by molar-refractivity contribution is 0.178. The predicted octanol–water partition coefficient (Wildman–Crippen LogP) is -0.0575. The second-order valence-corrected chi connectivity index (χ2v) is 6.35. The molecule has 0 spiro atoms. The summed E-state index contributed by atoms with van der Waals surface area (Å²) >= 11 is 0. The number of anilines is 1. The maximum atomic E-state index is 12.2. The van der Waals surface area contributed by atoms with Crippen molar-refractivity contribution in [3.05, 3.63) is 6.20 Å². The molecule has 1 aromatic heterocycles. The van der Waals surface area contributed by atoms with Gasteiger partial charge in [0.25, 0.3) is 0 Å². The molecule has 1 aromatic rings. The van der Waals surface area contributed by atoms with E-state index in [1.54, 1.807) is 0 Å². The molecule has 102 valence electrons. The summed E-state index contributed by atoms with van der Waals surface area (Å²) in [5.41, 5.74) is 5.07. The van der Waals surface area contributed by atoms with Gasteiger partial charge in [-0.05, 0) is 20.3 Å². The van der Waals surface area contributed by atoms with Crippen molar-refractivity contribution in [1.29, 1.82) is 0 Å². The molecule has 1 fully saturated rings. The molecule has 0 aliphatic carbocycles. The number of nitrogens with two attached hydrogens (primary N) is 1. The lowest BCUT2D eigenvalue weighted by Gasteiger charge is -2.22. The molecular weight excluding hydrogens is 256 g/mol. The van der Waals surface area contributed by atoms with Gasteiger partial charge in [0.15, 0.2) is 5.82 Å². The van der Waals surface area contributed by atoms with Crippen LogP contribution in [-0.4, -0.2) is 37.0 Å². The Morgan fingerprint density at radius 1 is 1.67 bits per heavy atom. The van der Waals surface area contributed by atoms with E-state index in [-0.39, 0.29) is 10.7 Å². The maximum Gasteiger partial charge on any atom is 0.246 e. The highest BCUT2D eigenvalue weighted by molar-refractivity contribution is 7.89. The number of hydrogen-bond donors (Lipinski definition) is 2. The Balaban J connectivity index is 2.27. The topological polar surface area (TPSA) is 99.2 Å². The van der Waals surface area contributed by atoms with Crippen molar-refractivity contribution in [3.63, 3.8) is 0 Å². The van der Waals surface area contributed by atoms with E-state index in [0.717, 1.165) is 0 Å². The Morgan fingerprint density at radius 3 is 2.89 bits per heavy atom. The fraction of sp³-hybridized carbons (Fsp3) is 0.700. The number of nitrogen functional groups attached to an aromatic ring is 1. The molecule has 0 amide bonds. The summed E-state index contributed by atoms with van der Waals surface area (Å²) in [4.78, 5) is 0.0254. The largest absolute Gasteiger partial charge is 0.381 e. The molecule has 0 saturated carbocycles. The monoisotopic (exact) mass is 274 g/mol. The zero-order chi connectivity index (χ0) is 13.4. The van der Waals surface area contributed by atoms with Gasteiger partial charge in [0.2, 0.25) is 10.0 Å². The van der Waals surface area contributed by atoms with Gasteiger partial charge in [-0.15, -0.1) is 0 Å². The Kier molecular flexibility index (Phi) is 3.35. The quantitative estimate of drug-likeness (QED) is 0.801. The number of nitrogens with zero attached hydrogens (tertiary/aromatic N) is 2. The van der Waals surface area contributed by atoms with E-state index in [4.69, 9.17) is 10.5 Å². The molecule has 8 heteroatoms. The van der Waals surface area contributed by atoms with Gasteiger partial charge in [-0.1, -0.05) is 0 Å². The Morgan fingerprint density at radius 2 is 2.39 bits per heavy atom. The fourth-order valence-electron chi connectivity index (χ4n) is 1.91. The second kappa shape index (κ2) is 4.52. The van der Waals surface area contributed by atoms with E-state index in [1.807, 2.05) is 13.8 Å². The van der Waals surface area contributed by atoms with Crippen LogP contribution >= 0.6 is 0 Å². The first-order valence-electron chi connectivity index (χ1n) is 5.81.